The highest BCUT2D eigenvalue weighted by molar-refractivity contribution is 7.89. The summed E-state index contributed by atoms with van der Waals surface area (Å²) in [5.74, 6) is 0.0702. The van der Waals surface area contributed by atoms with E-state index in [2.05, 4.69) is 10.6 Å². The number of hydrogen-bond acceptors (Lipinski definition) is 4. The second-order valence-corrected chi connectivity index (χ2v) is 7.60. The van der Waals surface area contributed by atoms with Gasteiger partial charge in [-0.15, -0.1) is 12.4 Å². The van der Waals surface area contributed by atoms with Crippen LogP contribution in [0.25, 0.3) is 0 Å². The molecule has 1 aromatic carbocycles. The molecule has 1 aliphatic heterocycles. The van der Waals surface area contributed by atoms with Crippen LogP contribution in [-0.4, -0.2) is 34.0 Å². The summed E-state index contributed by atoms with van der Waals surface area (Å²) in [6, 6.07) is 6.41. The van der Waals surface area contributed by atoms with Gasteiger partial charge in [0.2, 0.25) is 15.9 Å². The minimum Gasteiger partial charge on any atom is -0.355 e. The molecule has 0 bridgehead atoms. The Hall–Kier alpha value is -1.15. The van der Waals surface area contributed by atoms with Crippen molar-refractivity contribution in [3.8, 4) is 0 Å². The van der Waals surface area contributed by atoms with Gasteiger partial charge >= 0.3 is 0 Å². The Morgan fingerprint density at radius 1 is 1.35 bits per heavy atom. The maximum atomic E-state index is 12.2. The van der Waals surface area contributed by atoms with Gasteiger partial charge in [0.15, 0.2) is 0 Å². The van der Waals surface area contributed by atoms with Crippen LogP contribution in [0.4, 0.5) is 0 Å². The molecule has 0 aliphatic carbocycles. The zero-order valence-electron chi connectivity index (χ0n) is 13.2. The fourth-order valence-corrected chi connectivity index (χ4v) is 3.15. The number of sulfonamides is 1. The summed E-state index contributed by atoms with van der Waals surface area (Å²) in [5.41, 5.74) is 0.620. The van der Waals surface area contributed by atoms with Crippen LogP contribution in [0.15, 0.2) is 29.2 Å². The topological polar surface area (TPSA) is 101 Å². The molecular formula is C15H24ClN3O3S. The predicted molar refractivity (Wildman–Crippen MR) is 92.0 cm³/mol. The molecule has 1 amide bonds. The van der Waals surface area contributed by atoms with E-state index in [-0.39, 0.29) is 28.6 Å². The number of nitrogens with one attached hydrogen (secondary N) is 2. The summed E-state index contributed by atoms with van der Waals surface area (Å²) >= 11 is 0. The van der Waals surface area contributed by atoms with Crippen molar-refractivity contribution in [1.29, 1.82) is 0 Å². The lowest BCUT2D eigenvalue weighted by molar-refractivity contribution is -0.131. The molecular weight excluding hydrogens is 338 g/mol. The van der Waals surface area contributed by atoms with E-state index in [1.54, 1.807) is 12.1 Å². The molecule has 2 rings (SSSR count). The van der Waals surface area contributed by atoms with E-state index in [0.29, 0.717) is 19.5 Å². The number of carbonyl (C=O) groups is 1. The Morgan fingerprint density at radius 2 is 2.00 bits per heavy atom. The van der Waals surface area contributed by atoms with E-state index >= 15 is 0 Å². The lowest BCUT2D eigenvalue weighted by Gasteiger charge is -2.32. The first-order valence-electron chi connectivity index (χ1n) is 7.42. The average Bonchev–Trinajstić information content (AvgIpc) is 2.47. The molecule has 0 spiro atoms. The fourth-order valence-electron chi connectivity index (χ4n) is 2.63. The number of halogens is 1. The van der Waals surface area contributed by atoms with Crippen LogP contribution in [0.2, 0.25) is 0 Å². The number of benzene rings is 1. The highest BCUT2D eigenvalue weighted by Crippen LogP contribution is 2.25. The maximum absolute atomic E-state index is 12.2. The number of piperidine rings is 1. The number of carbonyl (C=O) groups excluding carboxylic acids is 1. The molecule has 0 radical (unpaired) electrons. The molecule has 1 aliphatic rings. The van der Waals surface area contributed by atoms with Crippen LogP contribution >= 0.6 is 12.4 Å². The van der Waals surface area contributed by atoms with E-state index in [1.807, 2.05) is 6.92 Å². The van der Waals surface area contributed by atoms with Gasteiger partial charge in [-0.25, -0.2) is 13.6 Å². The number of nitrogens with two attached hydrogens (primary N) is 1. The zero-order valence-corrected chi connectivity index (χ0v) is 14.8. The van der Waals surface area contributed by atoms with Gasteiger partial charge in [0.25, 0.3) is 0 Å². The van der Waals surface area contributed by atoms with E-state index < -0.39 is 10.0 Å². The van der Waals surface area contributed by atoms with Crippen LogP contribution in [0.1, 0.15) is 25.3 Å². The number of primary sulfonamides is 1. The van der Waals surface area contributed by atoms with Crippen molar-refractivity contribution in [3.05, 3.63) is 29.8 Å². The van der Waals surface area contributed by atoms with Gasteiger partial charge in [-0.2, -0.15) is 0 Å². The van der Waals surface area contributed by atoms with Crippen molar-refractivity contribution in [3.63, 3.8) is 0 Å². The molecule has 1 fully saturated rings. The summed E-state index contributed by atoms with van der Waals surface area (Å²) in [4.78, 5) is 12.3. The molecule has 1 atom stereocenters. The largest absolute Gasteiger partial charge is 0.355 e. The summed E-state index contributed by atoms with van der Waals surface area (Å²) in [5, 5.41) is 11.3. The first-order valence-corrected chi connectivity index (χ1v) is 8.97. The van der Waals surface area contributed by atoms with Crippen LogP contribution in [-0.2, 0) is 21.2 Å². The quantitative estimate of drug-likeness (QED) is 0.722. The van der Waals surface area contributed by atoms with Crippen molar-refractivity contribution < 1.29 is 13.2 Å². The Morgan fingerprint density at radius 3 is 2.52 bits per heavy atom. The molecule has 23 heavy (non-hydrogen) atoms. The Labute approximate surface area is 143 Å². The zero-order chi connectivity index (χ0) is 16.2. The first kappa shape index (κ1) is 19.9. The van der Waals surface area contributed by atoms with Gasteiger partial charge in [-0.3, -0.25) is 4.79 Å². The highest BCUT2D eigenvalue weighted by atomic mass is 35.5. The first-order chi connectivity index (χ1) is 10.3. The van der Waals surface area contributed by atoms with Crippen LogP contribution in [0.3, 0.4) is 0 Å². The molecule has 0 saturated carbocycles. The van der Waals surface area contributed by atoms with Crippen molar-refractivity contribution in [2.24, 2.45) is 10.6 Å². The monoisotopic (exact) mass is 361 g/mol. The van der Waals surface area contributed by atoms with E-state index in [4.69, 9.17) is 5.14 Å². The van der Waals surface area contributed by atoms with Gasteiger partial charge in [0.1, 0.15) is 0 Å². The maximum Gasteiger partial charge on any atom is 0.238 e. The molecule has 8 heteroatoms. The smallest absolute Gasteiger partial charge is 0.238 e. The third-order valence-corrected chi connectivity index (χ3v) is 5.03. The molecule has 130 valence electrons. The van der Waals surface area contributed by atoms with E-state index in [0.717, 1.165) is 24.9 Å². The van der Waals surface area contributed by atoms with Crippen LogP contribution < -0.4 is 15.8 Å². The number of rotatable bonds is 5. The van der Waals surface area contributed by atoms with E-state index in [9.17, 15) is 13.2 Å². The number of hydrogen-bond donors (Lipinski definition) is 3. The van der Waals surface area contributed by atoms with Gasteiger partial charge < -0.3 is 10.6 Å². The third-order valence-electron chi connectivity index (χ3n) is 4.10. The SMILES string of the molecule is CC1(C(=O)NCCc2ccc(S(N)(=O)=O)cc2)CCCNC1.Cl. The highest BCUT2D eigenvalue weighted by Gasteiger charge is 2.34. The van der Waals surface area contributed by atoms with Crippen LogP contribution in [0, 0.1) is 5.41 Å². The van der Waals surface area contributed by atoms with Crippen LogP contribution in [0.5, 0.6) is 0 Å². The molecule has 1 heterocycles. The molecule has 1 unspecified atom stereocenters. The summed E-state index contributed by atoms with van der Waals surface area (Å²) < 4.78 is 22.3. The molecule has 6 nitrogen and oxygen atoms in total. The molecule has 1 aromatic rings. The van der Waals surface area contributed by atoms with Crippen molar-refractivity contribution in [1.82, 2.24) is 10.6 Å². The second-order valence-electron chi connectivity index (χ2n) is 6.04. The lowest BCUT2D eigenvalue weighted by atomic mass is 9.82. The van der Waals surface area contributed by atoms with Gasteiger partial charge in [0.05, 0.1) is 10.3 Å². The number of amides is 1. The van der Waals surface area contributed by atoms with Gasteiger partial charge in [-0.05, 0) is 50.4 Å². The van der Waals surface area contributed by atoms with Crippen molar-refractivity contribution in [2.45, 2.75) is 31.1 Å². The fraction of sp³-hybridized carbons (Fsp3) is 0.533. The summed E-state index contributed by atoms with van der Waals surface area (Å²) in [7, 11) is -3.65. The van der Waals surface area contributed by atoms with Gasteiger partial charge in [-0.1, -0.05) is 12.1 Å². The Balaban J connectivity index is 0.00000264. The molecule has 0 aromatic heterocycles. The van der Waals surface area contributed by atoms with Crippen molar-refractivity contribution in [2.75, 3.05) is 19.6 Å². The Kier molecular flexibility index (Phi) is 7.01. The summed E-state index contributed by atoms with van der Waals surface area (Å²) in [6.45, 7) is 4.19. The minimum atomic E-state index is -3.65. The second kappa shape index (κ2) is 8.10. The third kappa shape index (κ3) is 5.46. The lowest BCUT2D eigenvalue weighted by Crippen LogP contribution is -2.49. The predicted octanol–water partition coefficient (Wildman–Crippen LogP) is 0.804. The average molecular weight is 362 g/mol. The Bertz CT molecular complexity index is 626. The summed E-state index contributed by atoms with van der Waals surface area (Å²) in [6.07, 6.45) is 2.56. The van der Waals surface area contributed by atoms with Crippen molar-refractivity contribution >= 4 is 28.3 Å². The molecule has 4 N–H and O–H groups in total. The molecule has 1 saturated heterocycles. The standard InChI is InChI=1S/C15H23N3O3S.ClH/c1-15(8-2-9-17-11-15)14(19)18-10-7-12-3-5-13(6-4-12)22(16,20)21;/h3-6,17H,2,7-11H2,1H3,(H,18,19)(H2,16,20,21);1H. The van der Waals surface area contributed by atoms with Gasteiger partial charge in [0, 0.05) is 13.1 Å². The normalized spacial score (nSPS) is 21.3. The minimum absolute atomic E-state index is 0. The van der Waals surface area contributed by atoms with E-state index in [1.165, 1.54) is 12.1 Å².